The number of primary amides is 1. The first-order chi connectivity index (χ1) is 6.57. The van der Waals surface area contributed by atoms with Gasteiger partial charge in [-0.2, -0.15) is 0 Å². The molecule has 0 saturated heterocycles. The lowest BCUT2D eigenvalue weighted by Crippen LogP contribution is -2.36. The van der Waals surface area contributed by atoms with Crippen molar-refractivity contribution in [3.8, 4) is 0 Å². The quantitative estimate of drug-likeness (QED) is 0.342. The van der Waals surface area contributed by atoms with Gasteiger partial charge in [0, 0.05) is 0 Å². The van der Waals surface area contributed by atoms with Crippen molar-refractivity contribution in [3.05, 3.63) is 0 Å². The van der Waals surface area contributed by atoms with Crippen LogP contribution in [0.15, 0.2) is 0 Å². The number of ether oxygens (including phenoxy) is 1. The van der Waals surface area contributed by atoms with E-state index in [4.69, 9.17) is 21.9 Å². The molecule has 0 heterocycles. The lowest BCUT2D eigenvalue weighted by atomic mass is 10.2. The van der Waals surface area contributed by atoms with E-state index in [1.807, 2.05) is 0 Å². The van der Waals surface area contributed by atoms with E-state index in [2.05, 4.69) is 0 Å². The van der Waals surface area contributed by atoms with Crippen LogP contribution in [-0.4, -0.2) is 31.1 Å². The third kappa shape index (κ3) is 6.38. The van der Waals surface area contributed by atoms with Crippen molar-refractivity contribution in [2.45, 2.75) is 25.3 Å². The minimum absolute atomic E-state index is 0.185. The molecule has 0 spiro atoms. The molecule has 6 nitrogen and oxygen atoms in total. The summed E-state index contributed by atoms with van der Waals surface area (Å²) in [6.07, 6.45) is 1.31. The van der Waals surface area contributed by atoms with Gasteiger partial charge in [-0.15, -0.1) is 0 Å². The van der Waals surface area contributed by atoms with Crippen LogP contribution in [0.5, 0.6) is 0 Å². The van der Waals surface area contributed by atoms with Crippen LogP contribution in [0.3, 0.4) is 0 Å². The molecule has 0 radical (unpaired) electrons. The smallest absolute Gasteiger partial charge is 0.323 e. The standard InChI is InChI=1S/C8H17N3O3/c9-3-1-2-4-14-8(13)6(10)5-7(11)12/h6H,1-5,9-10H2,(H2,11,12)/t6-/m0/s1. The monoisotopic (exact) mass is 203 g/mol. The molecule has 1 atom stereocenters. The third-order valence-electron chi connectivity index (χ3n) is 1.57. The summed E-state index contributed by atoms with van der Waals surface area (Å²) in [6, 6.07) is -0.953. The highest BCUT2D eigenvalue weighted by molar-refractivity contribution is 5.84. The second kappa shape index (κ2) is 7.28. The zero-order valence-corrected chi connectivity index (χ0v) is 8.07. The number of amides is 1. The first-order valence-electron chi connectivity index (χ1n) is 4.48. The fourth-order valence-corrected chi connectivity index (χ4v) is 0.826. The molecule has 0 aromatic heterocycles. The predicted octanol–water partition coefficient (Wildman–Crippen LogP) is -1.53. The molecular weight excluding hydrogens is 186 g/mol. The summed E-state index contributed by atoms with van der Waals surface area (Å²) < 4.78 is 4.78. The number of hydrogen-bond donors (Lipinski definition) is 3. The predicted molar refractivity (Wildman–Crippen MR) is 51.0 cm³/mol. The molecule has 0 unspecified atom stereocenters. The maximum atomic E-state index is 11.1. The maximum Gasteiger partial charge on any atom is 0.323 e. The van der Waals surface area contributed by atoms with Crippen LogP contribution in [-0.2, 0) is 14.3 Å². The molecule has 0 fully saturated rings. The van der Waals surface area contributed by atoms with E-state index < -0.39 is 17.9 Å². The second-order valence-corrected chi connectivity index (χ2v) is 2.94. The fraction of sp³-hybridized carbons (Fsp3) is 0.750. The van der Waals surface area contributed by atoms with Crippen LogP contribution in [0, 0.1) is 0 Å². The highest BCUT2D eigenvalue weighted by Crippen LogP contribution is 1.94. The summed E-state index contributed by atoms with van der Waals surface area (Å²) >= 11 is 0. The Kier molecular flexibility index (Phi) is 6.69. The van der Waals surface area contributed by atoms with Crippen molar-refractivity contribution in [1.82, 2.24) is 0 Å². The Morgan fingerprint density at radius 3 is 2.43 bits per heavy atom. The number of carbonyl (C=O) groups excluding carboxylic acids is 2. The summed E-state index contributed by atoms with van der Waals surface area (Å²) in [7, 11) is 0. The Labute approximate surface area is 82.8 Å². The van der Waals surface area contributed by atoms with Gasteiger partial charge in [0.25, 0.3) is 0 Å². The first kappa shape index (κ1) is 12.9. The van der Waals surface area contributed by atoms with Gasteiger partial charge in [-0.05, 0) is 19.4 Å². The fourth-order valence-electron chi connectivity index (χ4n) is 0.826. The Bertz CT molecular complexity index is 196. The lowest BCUT2D eigenvalue weighted by molar-refractivity contribution is -0.146. The SMILES string of the molecule is NCCCCOC(=O)[C@@H](N)CC(N)=O. The molecular formula is C8H17N3O3. The van der Waals surface area contributed by atoms with Crippen LogP contribution < -0.4 is 17.2 Å². The molecule has 0 aliphatic heterocycles. The van der Waals surface area contributed by atoms with E-state index in [1.54, 1.807) is 0 Å². The van der Waals surface area contributed by atoms with E-state index in [9.17, 15) is 9.59 Å². The van der Waals surface area contributed by atoms with Gasteiger partial charge in [-0.25, -0.2) is 0 Å². The summed E-state index contributed by atoms with van der Waals surface area (Å²) in [5.41, 5.74) is 15.4. The summed E-state index contributed by atoms with van der Waals surface area (Å²) in [4.78, 5) is 21.5. The molecule has 82 valence electrons. The van der Waals surface area contributed by atoms with Gasteiger partial charge >= 0.3 is 5.97 Å². The molecule has 6 heteroatoms. The van der Waals surface area contributed by atoms with Crippen molar-refractivity contribution >= 4 is 11.9 Å². The van der Waals surface area contributed by atoms with Crippen LogP contribution in [0.1, 0.15) is 19.3 Å². The van der Waals surface area contributed by atoms with E-state index in [0.717, 1.165) is 6.42 Å². The average Bonchev–Trinajstić information content (AvgIpc) is 2.11. The highest BCUT2D eigenvalue weighted by atomic mass is 16.5. The molecule has 14 heavy (non-hydrogen) atoms. The summed E-state index contributed by atoms with van der Waals surface area (Å²) in [5.74, 6) is -1.21. The number of carbonyl (C=O) groups is 2. The van der Waals surface area contributed by atoms with E-state index in [1.165, 1.54) is 0 Å². The number of rotatable bonds is 7. The largest absolute Gasteiger partial charge is 0.465 e. The van der Waals surface area contributed by atoms with Crippen molar-refractivity contribution < 1.29 is 14.3 Å². The first-order valence-corrected chi connectivity index (χ1v) is 4.48. The number of hydrogen-bond acceptors (Lipinski definition) is 5. The van der Waals surface area contributed by atoms with Gasteiger partial charge in [0.1, 0.15) is 6.04 Å². The second-order valence-electron chi connectivity index (χ2n) is 2.94. The van der Waals surface area contributed by atoms with E-state index >= 15 is 0 Å². The Hall–Kier alpha value is -1.14. The summed E-state index contributed by atoms with van der Waals surface area (Å²) in [6.45, 7) is 0.841. The average molecular weight is 203 g/mol. The maximum absolute atomic E-state index is 11.1. The minimum Gasteiger partial charge on any atom is -0.465 e. The highest BCUT2D eigenvalue weighted by Gasteiger charge is 2.16. The van der Waals surface area contributed by atoms with Crippen LogP contribution in [0.25, 0.3) is 0 Å². The van der Waals surface area contributed by atoms with Gasteiger partial charge in [-0.3, -0.25) is 9.59 Å². The van der Waals surface area contributed by atoms with Gasteiger partial charge < -0.3 is 21.9 Å². The molecule has 0 aliphatic rings. The topological polar surface area (TPSA) is 121 Å². The molecule has 0 aromatic rings. The van der Waals surface area contributed by atoms with Crippen molar-refractivity contribution in [1.29, 1.82) is 0 Å². The molecule has 1 amide bonds. The van der Waals surface area contributed by atoms with Gasteiger partial charge in [-0.1, -0.05) is 0 Å². The molecule has 0 bridgehead atoms. The lowest BCUT2D eigenvalue weighted by Gasteiger charge is -2.09. The van der Waals surface area contributed by atoms with Crippen molar-refractivity contribution in [2.24, 2.45) is 17.2 Å². The number of unbranched alkanes of at least 4 members (excludes halogenated alkanes) is 1. The normalized spacial score (nSPS) is 12.1. The molecule has 0 rings (SSSR count). The van der Waals surface area contributed by atoms with Crippen LogP contribution >= 0.6 is 0 Å². The molecule has 0 aromatic carbocycles. The molecule has 0 saturated carbocycles. The van der Waals surface area contributed by atoms with Crippen LogP contribution in [0.4, 0.5) is 0 Å². The Morgan fingerprint density at radius 2 is 1.93 bits per heavy atom. The summed E-state index contributed by atoms with van der Waals surface area (Å²) in [5, 5.41) is 0. The number of esters is 1. The van der Waals surface area contributed by atoms with Crippen molar-refractivity contribution in [3.63, 3.8) is 0 Å². The van der Waals surface area contributed by atoms with Gasteiger partial charge in [0.15, 0.2) is 0 Å². The van der Waals surface area contributed by atoms with Crippen molar-refractivity contribution in [2.75, 3.05) is 13.2 Å². The van der Waals surface area contributed by atoms with Gasteiger partial charge in [0.2, 0.25) is 5.91 Å². The van der Waals surface area contributed by atoms with E-state index in [0.29, 0.717) is 13.0 Å². The Balaban J connectivity index is 3.57. The van der Waals surface area contributed by atoms with Crippen LogP contribution in [0.2, 0.25) is 0 Å². The zero-order valence-electron chi connectivity index (χ0n) is 8.07. The minimum atomic E-state index is -0.953. The molecule has 0 aliphatic carbocycles. The zero-order chi connectivity index (χ0) is 11.0. The Morgan fingerprint density at radius 1 is 1.29 bits per heavy atom. The molecule has 6 N–H and O–H groups in total. The van der Waals surface area contributed by atoms with E-state index in [-0.39, 0.29) is 13.0 Å². The van der Waals surface area contributed by atoms with Gasteiger partial charge in [0.05, 0.1) is 13.0 Å². The third-order valence-corrected chi connectivity index (χ3v) is 1.57. The number of nitrogens with two attached hydrogens (primary N) is 3.